The molecule has 2 amide bonds. The number of hydrogen-bond acceptors (Lipinski definition) is 5. The van der Waals surface area contributed by atoms with Gasteiger partial charge in [0.15, 0.2) is 6.10 Å². The van der Waals surface area contributed by atoms with E-state index in [0.29, 0.717) is 0 Å². The van der Waals surface area contributed by atoms with Crippen molar-refractivity contribution in [1.29, 1.82) is 0 Å². The largest absolute Gasteiger partial charge is 0.479 e. The van der Waals surface area contributed by atoms with Crippen molar-refractivity contribution in [2.24, 2.45) is 0 Å². The van der Waals surface area contributed by atoms with Crippen molar-refractivity contribution >= 4 is 23.3 Å². The second-order valence-electron chi connectivity index (χ2n) is 4.28. The number of carboxylic acid groups (broad SMARTS) is 1. The van der Waals surface area contributed by atoms with Crippen molar-refractivity contribution in [2.75, 3.05) is 6.54 Å². The van der Waals surface area contributed by atoms with Crippen LogP contribution in [-0.4, -0.2) is 39.8 Å². The van der Waals surface area contributed by atoms with Gasteiger partial charge in [-0.1, -0.05) is 6.92 Å². The highest BCUT2D eigenvalue weighted by Gasteiger charge is 2.15. The molecule has 0 bridgehead atoms. The van der Waals surface area contributed by atoms with E-state index >= 15 is 0 Å². The first-order chi connectivity index (χ1) is 9.43. The van der Waals surface area contributed by atoms with Crippen molar-refractivity contribution in [2.45, 2.75) is 38.8 Å². The summed E-state index contributed by atoms with van der Waals surface area (Å²) in [7, 11) is 0. The zero-order valence-electron chi connectivity index (χ0n) is 11.4. The minimum Gasteiger partial charge on any atom is -0.479 e. The Balaban J connectivity index is 2.33. The third-order valence-corrected chi connectivity index (χ3v) is 3.95. The topological polar surface area (TPSA) is 112 Å². The number of thiazole rings is 1. The minimum absolute atomic E-state index is 0.0334. The number of nitrogens with zero attached hydrogens (tertiary/aromatic N) is 1. The highest BCUT2D eigenvalue weighted by Crippen LogP contribution is 2.19. The number of carbonyl (C=O) groups is 2. The molecule has 0 aromatic carbocycles. The predicted octanol–water partition coefficient (Wildman–Crippen LogP) is 0.901. The smallest absolute Gasteiger partial charge is 0.332 e. The molecule has 0 fully saturated rings. The van der Waals surface area contributed by atoms with Crippen LogP contribution >= 0.6 is 11.3 Å². The first kappa shape index (κ1) is 16.4. The van der Waals surface area contributed by atoms with Crippen molar-refractivity contribution in [3.8, 4) is 0 Å². The summed E-state index contributed by atoms with van der Waals surface area (Å²) >= 11 is 1.54. The molecular weight excluding hydrogens is 282 g/mol. The van der Waals surface area contributed by atoms with E-state index in [1.807, 2.05) is 13.8 Å². The van der Waals surface area contributed by atoms with Gasteiger partial charge in [-0.3, -0.25) is 0 Å². The molecule has 0 aliphatic rings. The number of aliphatic hydroxyl groups is 1. The maximum absolute atomic E-state index is 11.6. The van der Waals surface area contributed by atoms with Gasteiger partial charge < -0.3 is 20.8 Å². The molecule has 1 aromatic rings. The SMILES string of the molecule is CCc1cnc(C(C)NC(=O)NCC[C@H](O)C(=O)O)s1. The molecule has 4 N–H and O–H groups in total. The number of hydrogen-bond donors (Lipinski definition) is 4. The van der Waals surface area contributed by atoms with Crippen molar-refractivity contribution in [1.82, 2.24) is 15.6 Å². The molecule has 0 radical (unpaired) electrons. The number of aliphatic hydroxyl groups excluding tert-OH is 1. The fourth-order valence-corrected chi connectivity index (χ4v) is 2.30. The third kappa shape index (κ3) is 5.14. The van der Waals surface area contributed by atoms with Crippen LogP contribution in [0.4, 0.5) is 4.79 Å². The number of rotatable bonds is 7. The molecule has 0 aliphatic carbocycles. The van der Waals surface area contributed by atoms with Crippen LogP contribution in [0.2, 0.25) is 0 Å². The summed E-state index contributed by atoms with van der Waals surface area (Å²) in [6, 6.07) is -0.631. The number of amides is 2. The monoisotopic (exact) mass is 301 g/mol. The molecule has 1 rings (SSSR count). The number of nitrogens with one attached hydrogen (secondary N) is 2. The van der Waals surface area contributed by atoms with Gasteiger partial charge in [-0.15, -0.1) is 11.3 Å². The Bertz CT molecular complexity index is 463. The molecule has 1 unspecified atom stereocenters. The average molecular weight is 301 g/mol. The lowest BCUT2D eigenvalue weighted by Gasteiger charge is -2.13. The van der Waals surface area contributed by atoms with Crippen LogP contribution in [0.5, 0.6) is 0 Å². The van der Waals surface area contributed by atoms with E-state index in [0.717, 1.165) is 16.3 Å². The van der Waals surface area contributed by atoms with Gasteiger partial charge in [-0.25, -0.2) is 14.6 Å². The highest BCUT2D eigenvalue weighted by atomic mass is 32.1. The Kier molecular flexibility index (Phi) is 6.40. The van der Waals surface area contributed by atoms with Gasteiger partial charge in [-0.2, -0.15) is 0 Å². The number of carbonyl (C=O) groups excluding carboxylic acids is 1. The molecule has 20 heavy (non-hydrogen) atoms. The number of carboxylic acids is 1. The Morgan fingerprint density at radius 1 is 1.50 bits per heavy atom. The molecule has 2 atom stereocenters. The molecule has 112 valence electrons. The number of aromatic nitrogens is 1. The van der Waals surface area contributed by atoms with Crippen molar-refractivity contribution in [3.63, 3.8) is 0 Å². The van der Waals surface area contributed by atoms with Crippen LogP contribution < -0.4 is 10.6 Å². The maximum Gasteiger partial charge on any atom is 0.332 e. The van der Waals surface area contributed by atoms with Gasteiger partial charge in [-0.05, 0) is 13.3 Å². The Morgan fingerprint density at radius 2 is 2.20 bits per heavy atom. The fourth-order valence-electron chi connectivity index (χ4n) is 1.44. The lowest BCUT2D eigenvalue weighted by Crippen LogP contribution is -2.39. The lowest BCUT2D eigenvalue weighted by molar-refractivity contribution is -0.146. The van der Waals surface area contributed by atoms with Crippen LogP contribution in [0.15, 0.2) is 6.20 Å². The Hall–Kier alpha value is -1.67. The van der Waals surface area contributed by atoms with E-state index in [9.17, 15) is 9.59 Å². The molecule has 0 saturated heterocycles. The van der Waals surface area contributed by atoms with Gasteiger partial charge >= 0.3 is 12.0 Å². The first-order valence-electron chi connectivity index (χ1n) is 6.33. The summed E-state index contributed by atoms with van der Waals surface area (Å²) in [6.07, 6.45) is 1.20. The summed E-state index contributed by atoms with van der Waals surface area (Å²) in [4.78, 5) is 27.3. The van der Waals surface area contributed by atoms with Crippen LogP contribution in [0, 0.1) is 0 Å². The molecule has 0 aliphatic heterocycles. The molecular formula is C12H19N3O4S. The average Bonchev–Trinajstić information content (AvgIpc) is 2.87. The number of aliphatic carboxylic acids is 1. The van der Waals surface area contributed by atoms with E-state index < -0.39 is 18.1 Å². The Morgan fingerprint density at radius 3 is 2.75 bits per heavy atom. The quantitative estimate of drug-likeness (QED) is 0.598. The van der Waals surface area contributed by atoms with Gasteiger partial charge in [0, 0.05) is 24.0 Å². The van der Waals surface area contributed by atoms with E-state index in [4.69, 9.17) is 10.2 Å². The maximum atomic E-state index is 11.6. The van der Waals surface area contributed by atoms with E-state index in [1.54, 1.807) is 17.5 Å². The third-order valence-electron chi connectivity index (χ3n) is 2.63. The van der Waals surface area contributed by atoms with Crippen molar-refractivity contribution < 1.29 is 19.8 Å². The normalized spacial score (nSPS) is 13.6. The van der Waals surface area contributed by atoms with Crippen LogP contribution in [0.25, 0.3) is 0 Å². The fraction of sp³-hybridized carbons (Fsp3) is 0.583. The number of urea groups is 1. The summed E-state index contributed by atoms with van der Waals surface area (Å²) in [5, 5.41) is 23.6. The number of aryl methyl sites for hydroxylation is 1. The van der Waals surface area contributed by atoms with E-state index in [-0.39, 0.29) is 19.0 Å². The van der Waals surface area contributed by atoms with Crippen LogP contribution in [0.3, 0.4) is 0 Å². The molecule has 0 saturated carbocycles. The molecule has 0 spiro atoms. The van der Waals surface area contributed by atoms with Gasteiger partial charge in [0.25, 0.3) is 0 Å². The summed E-state index contributed by atoms with van der Waals surface area (Å²) in [5.41, 5.74) is 0. The van der Waals surface area contributed by atoms with Gasteiger partial charge in [0.05, 0.1) is 6.04 Å². The van der Waals surface area contributed by atoms with Gasteiger partial charge in [0.2, 0.25) is 0 Å². The van der Waals surface area contributed by atoms with Gasteiger partial charge in [0.1, 0.15) is 5.01 Å². The Labute approximate surface area is 121 Å². The summed E-state index contributed by atoms with van der Waals surface area (Å²) in [5.74, 6) is -1.30. The standard InChI is InChI=1S/C12H19N3O4S/c1-3-8-6-14-10(20-8)7(2)15-12(19)13-5-4-9(16)11(17)18/h6-7,9,16H,3-5H2,1-2H3,(H,17,18)(H2,13,15,19)/t7?,9-/m0/s1. The second kappa shape index (κ2) is 7.81. The van der Waals surface area contributed by atoms with Crippen LogP contribution in [-0.2, 0) is 11.2 Å². The highest BCUT2D eigenvalue weighted by molar-refractivity contribution is 7.11. The zero-order valence-corrected chi connectivity index (χ0v) is 12.2. The molecule has 1 heterocycles. The predicted molar refractivity (Wildman–Crippen MR) is 74.7 cm³/mol. The minimum atomic E-state index is -1.46. The van der Waals surface area contributed by atoms with Crippen LogP contribution in [0.1, 0.15) is 36.2 Å². The first-order valence-corrected chi connectivity index (χ1v) is 7.15. The molecule has 1 aromatic heterocycles. The van der Waals surface area contributed by atoms with Crippen molar-refractivity contribution in [3.05, 3.63) is 16.1 Å². The lowest BCUT2D eigenvalue weighted by atomic mass is 10.2. The molecule has 8 heteroatoms. The second-order valence-corrected chi connectivity index (χ2v) is 5.43. The molecule has 7 nitrogen and oxygen atoms in total. The van der Waals surface area contributed by atoms with E-state index in [1.165, 1.54) is 0 Å². The van der Waals surface area contributed by atoms with E-state index in [2.05, 4.69) is 15.6 Å². The summed E-state index contributed by atoms with van der Waals surface area (Å²) < 4.78 is 0. The zero-order chi connectivity index (χ0) is 15.1. The summed E-state index contributed by atoms with van der Waals surface area (Å²) in [6.45, 7) is 3.95.